The molecule has 1 heterocycles. The Morgan fingerprint density at radius 2 is 1.71 bits per heavy atom. The van der Waals surface area contributed by atoms with Gasteiger partial charge in [-0.2, -0.15) is 0 Å². The van der Waals surface area contributed by atoms with Gasteiger partial charge in [-0.15, -0.1) is 0 Å². The third-order valence-electron chi connectivity index (χ3n) is 4.68. The van der Waals surface area contributed by atoms with Gasteiger partial charge in [-0.05, 0) is 44.0 Å². The van der Waals surface area contributed by atoms with Gasteiger partial charge in [-0.1, -0.05) is 12.8 Å². The number of rotatable bonds is 5. The summed E-state index contributed by atoms with van der Waals surface area (Å²) in [5.74, 6) is -0.448. The Morgan fingerprint density at radius 3 is 2.25 bits per heavy atom. The van der Waals surface area contributed by atoms with E-state index in [1.807, 2.05) is 6.92 Å². The minimum Gasteiger partial charge on any atom is -0.494 e. The summed E-state index contributed by atoms with van der Waals surface area (Å²) in [5, 5.41) is 2.72. The van der Waals surface area contributed by atoms with Crippen LogP contribution in [0.3, 0.4) is 0 Å². The van der Waals surface area contributed by atoms with Crippen molar-refractivity contribution in [1.82, 2.24) is 4.90 Å². The van der Waals surface area contributed by atoms with Crippen molar-refractivity contribution in [2.75, 3.05) is 18.5 Å². The predicted molar refractivity (Wildman–Crippen MR) is 88.4 cm³/mol. The van der Waals surface area contributed by atoms with E-state index in [2.05, 4.69) is 5.32 Å². The molecule has 2 fully saturated rings. The van der Waals surface area contributed by atoms with E-state index >= 15 is 0 Å². The lowest BCUT2D eigenvalue weighted by atomic mass is 9.81. The van der Waals surface area contributed by atoms with Crippen molar-refractivity contribution >= 4 is 23.4 Å². The summed E-state index contributed by atoms with van der Waals surface area (Å²) in [6.45, 7) is 2.27. The number of nitrogens with one attached hydrogen (secondary N) is 1. The summed E-state index contributed by atoms with van der Waals surface area (Å²) in [4.78, 5) is 38.0. The van der Waals surface area contributed by atoms with Gasteiger partial charge in [0.2, 0.25) is 17.7 Å². The van der Waals surface area contributed by atoms with Gasteiger partial charge in [0, 0.05) is 5.69 Å². The molecule has 0 aromatic heterocycles. The molecule has 0 spiro atoms. The first-order valence-corrected chi connectivity index (χ1v) is 8.48. The van der Waals surface area contributed by atoms with Crippen LogP contribution < -0.4 is 10.1 Å². The molecule has 1 aliphatic heterocycles. The number of likely N-dealkylation sites (tertiary alicyclic amines) is 1. The van der Waals surface area contributed by atoms with Gasteiger partial charge in [0.1, 0.15) is 12.3 Å². The van der Waals surface area contributed by atoms with Crippen LogP contribution in [-0.2, 0) is 14.4 Å². The van der Waals surface area contributed by atoms with E-state index in [9.17, 15) is 14.4 Å². The van der Waals surface area contributed by atoms with Crippen LogP contribution in [0.4, 0.5) is 5.69 Å². The van der Waals surface area contributed by atoms with Gasteiger partial charge >= 0.3 is 0 Å². The molecule has 1 aromatic rings. The number of benzene rings is 1. The lowest BCUT2D eigenvalue weighted by molar-refractivity contribution is -0.142. The molecule has 3 amide bonds. The first-order valence-electron chi connectivity index (χ1n) is 8.48. The first kappa shape index (κ1) is 16.5. The van der Waals surface area contributed by atoms with Crippen LogP contribution in [0.15, 0.2) is 24.3 Å². The topological polar surface area (TPSA) is 75.7 Å². The first-order chi connectivity index (χ1) is 11.6. The Morgan fingerprint density at radius 1 is 1.12 bits per heavy atom. The number of nitrogens with zero attached hydrogens (tertiary/aromatic N) is 1. The third-order valence-corrected chi connectivity index (χ3v) is 4.68. The molecule has 1 aromatic carbocycles. The number of hydrogen-bond donors (Lipinski definition) is 1. The quantitative estimate of drug-likeness (QED) is 0.840. The Bertz CT molecular complexity index is 617. The van der Waals surface area contributed by atoms with Crippen LogP contribution in [0, 0.1) is 11.8 Å². The largest absolute Gasteiger partial charge is 0.494 e. The fraction of sp³-hybridized carbons (Fsp3) is 0.500. The molecule has 1 aliphatic carbocycles. The average Bonchev–Trinajstić information content (AvgIpc) is 2.82. The maximum atomic E-state index is 12.4. The zero-order chi connectivity index (χ0) is 17.1. The average molecular weight is 330 g/mol. The molecule has 24 heavy (non-hydrogen) atoms. The van der Waals surface area contributed by atoms with E-state index in [1.165, 1.54) is 0 Å². The van der Waals surface area contributed by atoms with Crippen molar-refractivity contribution in [2.24, 2.45) is 11.8 Å². The number of hydrogen-bond acceptors (Lipinski definition) is 4. The van der Waals surface area contributed by atoms with Gasteiger partial charge in [0.05, 0.1) is 18.4 Å². The van der Waals surface area contributed by atoms with Crippen molar-refractivity contribution in [2.45, 2.75) is 32.6 Å². The number of ether oxygens (including phenoxy) is 1. The number of amides is 3. The van der Waals surface area contributed by atoms with E-state index in [1.54, 1.807) is 24.3 Å². The van der Waals surface area contributed by atoms with Crippen molar-refractivity contribution in [3.05, 3.63) is 24.3 Å². The van der Waals surface area contributed by atoms with Crippen LogP contribution in [0.2, 0.25) is 0 Å². The highest BCUT2D eigenvalue weighted by atomic mass is 16.5. The Labute approximate surface area is 141 Å². The van der Waals surface area contributed by atoms with E-state index < -0.39 is 0 Å². The number of carbonyl (C=O) groups excluding carboxylic acids is 3. The Balaban J connectivity index is 1.60. The van der Waals surface area contributed by atoms with Crippen molar-refractivity contribution < 1.29 is 19.1 Å². The highest BCUT2D eigenvalue weighted by Crippen LogP contribution is 2.37. The molecule has 2 unspecified atom stereocenters. The monoisotopic (exact) mass is 330 g/mol. The fourth-order valence-electron chi connectivity index (χ4n) is 3.53. The van der Waals surface area contributed by atoms with Crippen molar-refractivity contribution in [3.63, 3.8) is 0 Å². The van der Waals surface area contributed by atoms with Crippen molar-refractivity contribution in [3.8, 4) is 5.75 Å². The molecule has 2 aliphatic rings. The molecule has 0 bridgehead atoms. The van der Waals surface area contributed by atoms with Crippen LogP contribution in [0.1, 0.15) is 32.6 Å². The maximum Gasteiger partial charge on any atom is 0.244 e. The second kappa shape index (κ2) is 7.03. The minimum atomic E-state index is -0.362. The normalized spacial score (nSPS) is 23.1. The smallest absolute Gasteiger partial charge is 0.244 e. The zero-order valence-corrected chi connectivity index (χ0v) is 13.8. The molecule has 0 radical (unpaired) electrons. The van der Waals surface area contributed by atoms with E-state index in [0.717, 1.165) is 36.3 Å². The standard InChI is InChI=1S/C18H22N2O4/c1-2-24-13-9-7-12(8-10-13)19-16(21)11-20-17(22)14-5-3-4-6-15(14)18(20)23/h7-10,14-15H,2-6,11H2,1H3,(H,19,21). The molecule has 1 saturated carbocycles. The maximum absolute atomic E-state index is 12.4. The highest BCUT2D eigenvalue weighted by Gasteiger charge is 2.48. The van der Waals surface area contributed by atoms with Crippen LogP contribution in [-0.4, -0.2) is 35.8 Å². The lowest BCUT2D eigenvalue weighted by Crippen LogP contribution is -2.38. The second-order valence-electron chi connectivity index (χ2n) is 6.27. The molecule has 6 nitrogen and oxygen atoms in total. The molecule has 2 atom stereocenters. The SMILES string of the molecule is CCOc1ccc(NC(=O)CN2C(=O)C3CCCCC3C2=O)cc1. The zero-order valence-electron chi connectivity index (χ0n) is 13.8. The number of imide groups is 1. The minimum absolute atomic E-state index is 0.188. The molecule has 128 valence electrons. The molecule has 1 N–H and O–H groups in total. The molecule has 1 saturated heterocycles. The van der Waals surface area contributed by atoms with E-state index in [-0.39, 0.29) is 36.1 Å². The van der Waals surface area contributed by atoms with Gasteiger partial charge < -0.3 is 10.1 Å². The molecule has 3 rings (SSSR count). The van der Waals surface area contributed by atoms with Crippen LogP contribution in [0.25, 0.3) is 0 Å². The van der Waals surface area contributed by atoms with Gasteiger partial charge in [0.25, 0.3) is 0 Å². The summed E-state index contributed by atoms with van der Waals surface area (Å²) >= 11 is 0. The summed E-state index contributed by atoms with van der Waals surface area (Å²) in [6.07, 6.45) is 3.47. The number of anilines is 1. The molecular weight excluding hydrogens is 308 g/mol. The van der Waals surface area contributed by atoms with Gasteiger partial charge in [-0.25, -0.2) is 0 Å². The van der Waals surface area contributed by atoms with Gasteiger partial charge in [0.15, 0.2) is 0 Å². The lowest BCUT2D eigenvalue weighted by Gasteiger charge is -2.19. The van der Waals surface area contributed by atoms with E-state index in [4.69, 9.17) is 4.74 Å². The summed E-state index contributed by atoms with van der Waals surface area (Å²) in [6, 6.07) is 6.99. The van der Waals surface area contributed by atoms with Gasteiger partial charge in [-0.3, -0.25) is 19.3 Å². The second-order valence-corrected chi connectivity index (χ2v) is 6.27. The number of carbonyl (C=O) groups is 3. The van der Waals surface area contributed by atoms with Crippen molar-refractivity contribution in [1.29, 1.82) is 0 Å². The Hall–Kier alpha value is -2.37. The molecule has 6 heteroatoms. The van der Waals surface area contributed by atoms with Crippen LogP contribution >= 0.6 is 0 Å². The fourth-order valence-corrected chi connectivity index (χ4v) is 3.53. The summed E-state index contributed by atoms with van der Waals surface area (Å²) in [7, 11) is 0. The summed E-state index contributed by atoms with van der Waals surface area (Å²) in [5.41, 5.74) is 0.611. The van der Waals surface area contributed by atoms with Crippen LogP contribution in [0.5, 0.6) is 5.75 Å². The predicted octanol–water partition coefficient (Wildman–Crippen LogP) is 2.20. The Kier molecular flexibility index (Phi) is 4.83. The summed E-state index contributed by atoms with van der Waals surface area (Å²) < 4.78 is 5.35. The van der Waals surface area contributed by atoms with E-state index in [0.29, 0.717) is 12.3 Å². The highest BCUT2D eigenvalue weighted by molar-refractivity contribution is 6.08. The third kappa shape index (κ3) is 3.27. The number of fused-ring (bicyclic) bond motifs is 1. The molecular formula is C18H22N2O4.